The lowest BCUT2D eigenvalue weighted by molar-refractivity contribution is 0.346. The van der Waals surface area contributed by atoms with Gasteiger partial charge in [-0.3, -0.25) is 4.79 Å². The Labute approximate surface area is 145 Å². The predicted molar refractivity (Wildman–Crippen MR) is 96.3 cm³/mol. The summed E-state index contributed by atoms with van der Waals surface area (Å²) in [5.74, 6) is 0. The number of piperidine rings is 1. The van der Waals surface area contributed by atoms with Crippen LogP contribution in [-0.2, 0) is 10.0 Å². The zero-order chi connectivity index (χ0) is 17.6. The van der Waals surface area contributed by atoms with Crippen molar-refractivity contribution in [3.8, 4) is 0 Å². The SMILES string of the molecule is Cc1ccc2nc(=O)c3cc(S(=O)(=O)N4CCCCC4)ccc3n2c1. The largest absolute Gasteiger partial charge is 0.301 e. The van der Waals surface area contributed by atoms with Crippen LogP contribution in [0.3, 0.4) is 0 Å². The standard InChI is InChI=1S/C18H19N3O3S/c1-13-5-8-17-19-18(22)15-11-14(6-7-16(15)21(17)12-13)25(23,24)20-9-3-2-4-10-20/h5-8,11-12H,2-4,9-10H2,1H3. The molecule has 0 radical (unpaired) electrons. The minimum atomic E-state index is -3.57. The van der Waals surface area contributed by atoms with Gasteiger partial charge in [-0.2, -0.15) is 9.29 Å². The first-order chi connectivity index (χ1) is 12.0. The van der Waals surface area contributed by atoms with E-state index in [1.807, 2.05) is 23.6 Å². The first-order valence-electron chi connectivity index (χ1n) is 8.40. The molecule has 6 nitrogen and oxygen atoms in total. The molecule has 0 saturated carbocycles. The maximum atomic E-state index is 12.9. The van der Waals surface area contributed by atoms with Crippen molar-refractivity contribution in [1.29, 1.82) is 0 Å². The van der Waals surface area contributed by atoms with E-state index in [2.05, 4.69) is 4.98 Å². The molecule has 1 saturated heterocycles. The topological polar surface area (TPSA) is 71.7 Å². The summed E-state index contributed by atoms with van der Waals surface area (Å²) in [7, 11) is -3.57. The Hall–Kier alpha value is -2.25. The molecule has 1 aliphatic rings. The molecule has 25 heavy (non-hydrogen) atoms. The van der Waals surface area contributed by atoms with E-state index in [4.69, 9.17) is 0 Å². The fourth-order valence-electron chi connectivity index (χ4n) is 3.36. The van der Waals surface area contributed by atoms with Gasteiger partial charge < -0.3 is 4.40 Å². The highest BCUT2D eigenvalue weighted by molar-refractivity contribution is 7.89. The van der Waals surface area contributed by atoms with Crippen LogP contribution in [0.4, 0.5) is 0 Å². The Kier molecular flexibility index (Phi) is 3.85. The molecule has 2 aromatic heterocycles. The van der Waals surface area contributed by atoms with Crippen LogP contribution in [0.15, 0.2) is 46.2 Å². The number of pyridine rings is 1. The highest BCUT2D eigenvalue weighted by atomic mass is 32.2. The molecule has 0 bridgehead atoms. The average Bonchev–Trinajstić information content (AvgIpc) is 2.63. The first kappa shape index (κ1) is 16.2. The summed E-state index contributed by atoms with van der Waals surface area (Å²) in [5.41, 5.74) is 1.84. The molecule has 0 N–H and O–H groups in total. The summed E-state index contributed by atoms with van der Waals surface area (Å²) in [6.45, 7) is 3.03. The molecule has 130 valence electrons. The second-order valence-electron chi connectivity index (χ2n) is 6.50. The number of fused-ring (bicyclic) bond motifs is 3. The second-order valence-corrected chi connectivity index (χ2v) is 8.43. The summed E-state index contributed by atoms with van der Waals surface area (Å²) in [5, 5.41) is 0.321. The van der Waals surface area contributed by atoms with Crippen molar-refractivity contribution in [2.45, 2.75) is 31.1 Å². The molecule has 1 aromatic carbocycles. The van der Waals surface area contributed by atoms with E-state index in [0.29, 0.717) is 29.6 Å². The van der Waals surface area contributed by atoms with Crippen molar-refractivity contribution in [1.82, 2.24) is 13.7 Å². The van der Waals surface area contributed by atoms with Crippen molar-refractivity contribution < 1.29 is 8.42 Å². The Balaban J connectivity index is 1.92. The number of hydrogen-bond acceptors (Lipinski definition) is 4. The van der Waals surface area contributed by atoms with E-state index >= 15 is 0 Å². The Bertz CT molecular complexity index is 1130. The molecule has 3 heterocycles. The minimum absolute atomic E-state index is 0.161. The number of aromatic nitrogens is 2. The molecule has 1 fully saturated rings. The molecule has 0 aliphatic carbocycles. The summed E-state index contributed by atoms with van der Waals surface area (Å²) in [6.07, 6.45) is 4.70. The number of nitrogens with zero attached hydrogens (tertiary/aromatic N) is 3. The number of hydrogen-bond donors (Lipinski definition) is 0. The molecule has 1 aliphatic heterocycles. The zero-order valence-electron chi connectivity index (χ0n) is 14.0. The van der Waals surface area contributed by atoms with E-state index in [9.17, 15) is 13.2 Å². The molecule has 0 unspecified atom stereocenters. The van der Waals surface area contributed by atoms with Crippen LogP contribution in [-0.4, -0.2) is 35.2 Å². The van der Waals surface area contributed by atoms with Crippen molar-refractivity contribution in [3.05, 3.63) is 52.4 Å². The molecule has 0 atom stereocenters. The number of aryl methyl sites for hydroxylation is 1. The lowest BCUT2D eigenvalue weighted by atomic mass is 10.2. The van der Waals surface area contributed by atoms with Crippen LogP contribution in [0.25, 0.3) is 16.6 Å². The number of rotatable bonds is 2. The van der Waals surface area contributed by atoms with Crippen LogP contribution in [0.5, 0.6) is 0 Å². The third-order valence-electron chi connectivity index (χ3n) is 4.70. The van der Waals surface area contributed by atoms with Crippen LogP contribution < -0.4 is 5.56 Å². The predicted octanol–water partition coefficient (Wildman–Crippen LogP) is 2.33. The fraction of sp³-hybridized carbons (Fsp3) is 0.333. The van der Waals surface area contributed by atoms with Gasteiger partial charge in [0.25, 0.3) is 5.56 Å². The van der Waals surface area contributed by atoms with Gasteiger partial charge >= 0.3 is 0 Å². The summed E-state index contributed by atoms with van der Waals surface area (Å²) in [4.78, 5) is 16.6. The van der Waals surface area contributed by atoms with Gasteiger partial charge in [0.1, 0.15) is 5.65 Å². The molecule has 3 aromatic rings. The lowest BCUT2D eigenvalue weighted by Crippen LogP contribution is -2.35. The van der Waals surface area contributed by atoms with Crippen molar-refractivity contribution in [3.63, 3.8) is 0 Å². The van der Waals surface area contributed by atoms with Gasteiger partial charge in [0.15, 0.2) is 0 Å². The molecular weight excluding hydrogens is 338 g/mol. The van der Waals surface area contributed by atoms with E-state index in [1.165, 1.54) is 10.4 Å². The van der Waals surface area contributed by atoms with Crippen molar-refractivity contribution >= 4 is 26.6 Å². The van der Waals surface area contributed by atoms with E-state index in [1.54, 1.807) is 18.2 Å². The van der Waals surface area contributed by atoms with E-state index in [0.717, 1.165) is 24.8 Å². The van der Waals surface area contributed by atoms with Gasteiger partial charge in [-0.05, 0) is 49.6 Å². The third kappa shape index (κ3) is 2.73. The van der Waals surface area contributed by atoms with Crippen LogP contribution in [0.2, 0.25) is 0 Å². The normalized spacial score (nSPS) is 16.5. The van der Waals surface area contributed by atoms with Crippen molar-refractivity contribution in [2.24, 2.45) is 0 Å². The summed E-state index contributed by atoms with van der Waals surface area (Å²) in [6, 6.07) is 8.42. The molecule has 7 heteroatoms. The maximum absolute atomic E-state index is 12.9. The second kappa shape index (κ2) is 5.93. The van der Waals surface area contributed by atoms with Crippen LogP contribution in [0.1, 0.15) is 24.8 Å². The minimum Gasteiger partial charge on any atom is -0.301 e. The van der Waals surface area contributed by atoms with Crippen molar-refractivity contribution in [2.75, 3.05) is 13.1 Å². The van der Waals surface area contributed by atoms with Gasteiger partial charge in [0.05, 0.1) is 15.8 Å². The Morgan fingerprint density at radius 3 is 2.56 bits per heavy atom. The fourth-order valence-corrected chi connectivity index (χ4v) is 4.90. The number of sulfonamides is 1. The highest BCUT2D eigenvalue weighted by Gasteiger charge is 2.26. The van der Waals surface area contributed by atoms with Crippen LogP contribution >= 0.6 is 0 Å². The highest BCUT2D eigenvalue weighted by Crippen LogP contribution is 2.23. The Morgan fingerprint density at radius 2 is 1.80 bits per heavy atom. The molecule has 4 rings (SSSR count). The van der Waals surface area contributed by atoms with Crippen LogP contribution in [0, 0.1) is 6.92 Å². The van der Waals surface area contributed by atoms with Gasteiger partial charge in [-0.15, -0.1) is 0 Å². The first-order valence-corrected chi connectivity index (χ1v) is 9.84. The van der Waals surface area contributed by atoms with Gasteiger partial charge in [-0.1, -0.05) is 12.5 Å². The monoisotopic (exact) mass is 357 g/mol. The third-order valence-corrected chi connectivity index (χ3v) is 6.60. The molecule has 0 amide bonds. The van der Waals surface area contributed by atoms with E-state index in [-0.39, 0.29) is 4.90 Å². The molecular formula is C18H19N3O3S. The maximum Gasteiger partial charge on any atom is 0.281 e. The van der Waals surface area contributed by atoms with Gasteiger partial charge in [0.2, 0.25) is 10.0 Å². The quantitative estimate of drug-likeness (QED) is 0.660. The Morgan fingerprint density at radius 1 is 1.04 bits per heavy atom. The lowest BCUT2D eigenvalue weighted by Gasteiger charge is -2.25. The zero-order valence-corrected chi connectivity index (χ0v) is 14.8. The average molecular weight is 357 g/mol. The summed E-state index contributed by atoms with van der Waals surface area (Å²) < 4.78 is 29.0. The number of benzene rings is 1. The molecule has 0 spiro atoms. The van der Waals surface area contributed by atoms with Gasteiger partial charge in [0, 0.05) is 19.3 Å². The van der Waals surface area contributed by atoms with Gasteiger partial charge in [-0.25, -0.2) is 8.42 Å². The van der Waals surface area contributed by atoms with E-state index < -0.39 is 15.6 Å². The summed E-state index contributed by atoms with van der Waals surface area (Å²) >= 11 is 0. The smallest absolute Gasteiger partial charge is 0.281 e.